The van der Waals surface area contributed by atoms with Gasteiger partial charge in [-0.15, -0.1) is 0 Å². The maximum atomic E-state index is 4.24. The molecule has 1 aromatic heterocycles. The van der Waals surface area contributed by atoms with Crippen LogP contribution in [0.5, 0.6) is 0 Å². The lowest BCUT2D eigenvalue weighted by Gasteiger charge is -2.02. The van der Waals surface area contributed by atoms with Crippen LogP contribution in [0, 0.1) is 0 Å². The lowest BCUT2D eigenvalue weighted by Crippen LogP contribution is -2.16. The summed E-state index contributed by atoms with van der Waals surface area (Å²) < 4.78 is 1.94. The van der Waals surface area contributed by atoms with Crippen LogP contribution in [0.3, 0.4) is 0 Å². The maximum Gasteiger partial charge on any atom is 0.0562 e. The monoisotopic (exact) mass is 207 g/mol. The zero-order valence-corrected chi connectivity index (χ0v) is 9.95. The van der Waals surface area contributed by atoms with Crippen LogP contribution in [0.15, 0.2) is 18.0 Å². The number of rotatable bonds is 6. The Balaban J connectivity index is 2.46. The van der Waals surface area contributed by atoms with Crippen LogP contribution < -0.4 is 5.32 Å². The van der Waals surface area contributed by atoms with Crippen LogP contribution in [-0.2, 0) is 6.54 Å². The summed E-state index contributed by atoms with van der Waals surface area (Å²) in [4.78, 5) is 0. The molecule has 1 N–H and O–H groups in total. The van der Waals surface area contributed by atoms with Crippen molar-refractivity contribution >= 4 is 6.08 Å². The van der Waals surface area contributed by atoms with Gasteiger partial charge in [0, 0.05) is 24.8 Å². The summed E-state index contributed by atoms with van der Waals surface area (Å²) in [7, 11) is 0. The largest absolute Gasteiger partial charge is 0.313 e. The van der Waals surface area contributed by atoms with E-state index in [0.29, 0.717) is 0 Å². The van der Waals surface area contributed by atoms with E-state index < -0.39 is 0 Å². The van der Waals surface area contributed by atoms with E-state index in [1.165, 1.54) is 17.6 Å². The van der Waals surface area contributed by atoms with E-state index in [4.69, 9.17) is 0 Å². The van der Waals surface area contributed by atoms with Gasteiger partial charge in [0.05, 0.1) is 6.20 Å². The minimum absolute atomic E-state index is 0.932. The molecule has 0 aliphatic rings. The van der Waals surface area contributed by atoms with Crippen molar-refractivity contribution in [1.82, 2.24) is 15.1 Å². The van der Waals surface area contributed by atoms with Crippen molar-refractivity contribution in [3.05, 3.63) is 23.5 Å². The Morgan fingerprint density at radius 2 is 2.33 bits per heavy atom. The molecule has 0 unspecified atom stereocenters. The predicted molar refractivity (Wildman–Crippen MR) is 64.7 cm³/mol. The van der Waals surface area contributed by atoms with Crippen LogP contribution in [-0.4, -0.2) is 22.9 Å². The van der Waals surface area contributed by atoms with Gasteiger partial charge in [-0.25, -0.2) is 0 Å². The molecule has 0 spiro atoms. The molecule has 1 aromatic rings. The first kappa shape index (κ1) is 12.0. The van der Waals surface area contributed by atoms with Crippen molar-refractivity contribution in [1.29, 1.82) is 0 Å². The molecule has 0 radical (unpaired) electrons. The molecule has 3 heteroatoms. The molecule has 0 fully saturated rings. The Labute approximate surface area is 92.2 Å². The zero-order valence-electron chi connectivity index (χ0n) is 9.95. The molecule has 0 saturated carbocycles. The van der Waals surface area contributed by atoms with Gasteiger partial charge in [0.15, 0.2) is 0 Å². The predicted octanol–water partition coefficient (Wildman–Crippen LogP) is 2.31. The summed E-state index contributed by atoms with van der Waals surface area (Å²) in [5.41, 5.74) is 2.53. The SMILES string of the molecule is CCCNCC(C)=Cc1cnn(CC)c1. The molecule has 0 atom stereocenters. The highest BCUT2D eigenvalue weighted by Crippen LogP contribution is 2.04. The van der Waals surface area contributed by atoms with Crippen molar-refractivity contribution in [2.24, 2.45) is 0 Å². The second kappa shape index (κ2) is 6.40. The van der Waals surface area contributed by atoms with Crippen LogP contribution in [0.4, 0.5) is 0 Å². The number of aromatic nitrogens is 2. The molecular formula is C12H21N3. The summed E-state index contributed by atoms with van der Waals surface area (Å²) in [6.45, 7) is 9.39. The Kier molecular flexibility index (Phi) is 5.12. The maximum absolute atomic E-state index is 4.24. The molecule has 0 bridgehead atoms. The Hall–Kier alpha value is -1.09. The molecular weight excluding hydrogens is 186 g/mol. The number of nitrogens with zero attached hydrogens (tertiary/aromatic N) is 2. The first-order chi connectivity index (χ1) is 7.26. The smallest absolute Gasteiger partial charge is 0.0562 e. The third-order valence-electron chi connectivity index (χ3n) is 2.22. The summed E-state index contributed by atoms with van der Waals surface area (Å²) in [5, 5.41) is 7.62. The van der Waals surface area contributed by atoms with Crippen LogP contribution in [0.25, 0.3) is 6.08 Å². The minimum atomic E-state index is 0.932. The highest BCUT2D eigenvalue weighted by molar-refractivity contribution is 5.50. The van der Waals surface area contributed by atoms with E-state index in [1.54, 1.807) is 0 Å². The van der Waals surface area contributed by atoms with Gasteiger partial charge in [-0.1, -0.05) is 18.6 Å². The van der Waals surface area contributed by atoms with Crippen molar-refractivity contribution in [3.8, 4) is 0 Å². The van der Waals surface area contributed by atoms with Gasteiger partial charge in [-0.05, 0) is 26.8 Å². The lowest BCUT2D eigenvalue weighted by atomic mass is 10.2. The number of hydrogen-bond donors (Lipinski definition) is 1. The van der Waals surface area contributed by atoms with Crippen molar-refractivity contribution < 1.29 is 0 Å². The number of aryl methyl sites for hydroxylation is 1. The average Bonchev–Trinajstić information content (AvgIpc) is 2.66. The highest BCUT2D eigenvalue weighted by atomic mass is 15.3. The van der Waals surface area contributed by atoms with Gasteiger partial charge in [0.2, 0.25) is 0 Å². The first-order valence-electron chi connectivity index (χ1n) is 5.66. The molecule has 1 heterocycles. The van der Waals surface area contributed by atoms with E-state index in [0.717, 1.165) is 19.6 Å². The molecule has 3 nitrogen and oxygen atoms in total. The van der Waals surface area contributed by atoms with E-state index in [1.807, 2.05) is 10.9 Å². The molecule has 1 rings (SSSR count). The van der Waals surface area contributed by atoms with Crippen molar-refractivity contribution in [2.45, 2.75) is 33.7 Å². The standard InChI is InChI=1S/C12H21N3/c1-4-6-13-8-11(3)7-12-9-14-15(5-2)10-12/h7,9-10,13H,4-6,8H2,1-3H3. The van der Waals surface area contributed by atoms with Gasteiger partial charge in [-0.3, -0.25) is 4.68 Å². The number of nitrogens with one attached hydrogen (secondary N) is 1. The summed E-state index contributed by atoms with van der Waals surface area (Å²) >= 11 is 0. The van der Waals surface area contributed by atoms with Gasteiger partial charge < -0.3 is 5.32 Å². The topological polar surface area (TPSA) is 29.9 Å². The summed E-state index contributed by atoms with van der Waals surface area (Å²) in [6.07, 6.45) is 7.35. The minimum Gasteiger partial charge on any atom is -0.313 e. The molecule has 15 heavy (non-hydrogen) atoms. The molecule has 0 aliphatic heterocycles. The summed E-state index contributed by atoms with van der Waals surface area (Å²) in [5.74, 6) is 0. The lowest BCUT2D eigenvalue weighted by molar-refractivity contribution is 0.660. The Morgan fingerprint density at radius 1 is 1.53 bits per heavy atom. The third-order valence-corrected chi connectivity index (χ3v) is 2.22. The molecule has 0 aromatic carbocycles. The van der Waals surface area contributed by atoms with Crippen molar-refractivity contribution in [2.75, 3.05) is 13.1 Å². The summed E-state index contributed by atoms with van der Waals surface area (Å²) in [6, 6.07) is 0. The van der Waals surface area contributed by atoms with E-state index in [9.17, 15) is 0 Å². The fraction of sp³-hybridized carbons (Fsp3) is 0.583. The van der Waals surface area contributed by atoms with Gasteiger partial charge in [0.1, 0.15) is 0 Å². The Bertz CT molecular complexity index is 312. The van der Waals surface area contributed by atoms with E-state index in [2.05, 4.69) is 43.5 Å². The quantitative estimate of drug-likeness (QED) is 0.725. The molecule has 0 saturated heterocycles. The van der Waals surface area contributed by atoms with Crippen LogP contribution >= 0.6 is 0 Å². The fourth-order valence-corrected chi connectivity index (χ4v) is 1.42. The zero-order chi connectivity index (χ0) is 11.1. The molecule has 84 valence electrons. The van der Waals surface area contributed by atoms with Crippen molar-refractivity contribution in [3.63, 3.8) is 0 Å². The van der Waals surface area contributed by atoms with Gasteiger partial charge in [-0.2, -0.15) is 5.10 Å². The fourth-order valence-electron chi connectivity index (χ4n) is 1.42. The number of hydrogen-bond acceptors (Lipinski definition) is 2. The highest BCUT2D eigenvalue weighted by Gasteiger charge is 1.95. The Morgan fingerprint density at radius 3 is 2.93 bits per heavy atom. The van der Waals surface area contributed by atoms with Gasteiger partial charge in [0.25, 0.3) is 0 Å². The molecule has 0 aliphatic carbocycles. The van der Waals surface area contributed by atoms with Crippen LogP contribution in [0.1, 0.15) is 32.8 Å². The van der Waals surface area contributed by atoms with Gasteiger partial charge >= 0.3 is 0 Å². The first-order valence-corrected chi connectivity index (χ1v) is 5.66. The van der Waals surface area contributed by atoms with E-state index in [-0.39, 0.29) is 0 Å². The van der Waals surface area contributed by atoms with E-state index >= 15 is 0 Å². The van der Waals surface area contributed by atoms with Crippen LogP contribution in [0.2, 0.25) is 0 Å². The average molecular weight is 207 g/mol. The normalized spacial score (nSPS) is 12.1. The second-order valence-electron chi connectivity index (χ2n) is 3.80. The second-order valence-corrected chi connectivity index (χ2v) is 3.80. The third kappa shape index (κ3) is 4.30. The molecule has 0 amide bonds.